The number of fused-ring (bicyclic) bond motifs is 4. The SMILES string of the molecule is CCc1cccc(N2C(=O)N(C(=O)c3ccc(Br)cc3)[C@@H]3C[C@]2(C)Oc2ccccc23)c1. The Morgan fingerprint density at radius 2 is 1.84 bits per heavy atom. The molecule has 32 heavy (non-hydrogen) atoms. The zero-order valence-electron chi connectivity index (χ0n) is 17.9. The van der Waals surface area contributed by atoms with E-state index in [-0.39, 0.29) is 11.9 Å². The van der Waals surface area contributed by atoms with Gasteiger partial charge in [0.25, 0.3) is 5.91 Å². The van der Waals surface area contributed by atoms with Gasteiger partial charge in [-0.15, -0.1) is 0 Å². The maximum Gasteiger partial charge on any atom is 0.335 e. The molecule has 0 aliphatic carbocycles. The van der Waals surface area contributed by atoms with Crippen LogP contribution in [0.1, 0.15) is 47.8 Å². The zero-order chi connectivity index (χ0) is 22.5. The number of hydrogen-bond acceptors (Lipinski definition) is 3. The van der Waals surface area contributed by atoms with Crippen LogP contribution in [0.3, 0.4) is 0 Å². The van der Waals surface area contributed by atoms with Crippen molar-refractivity contribution in [3.8, 4) is 5.75 Å². The summed E-state index contributed by atoms with van der Waals surface area (Å²) in [5.74, 6) is 0.381. The second-order valence-electron chi connectivity index (χ2n) is 8.36. The molecular weight excluding hydrogens is 468 g/mol. The minimum absolute atomic E-state index is 0.317. The fourth-order valence-corrected chi connectivity index (χ4v) is 4.93. The molecule has 0 spiro atoms. The van der Waals surface area contributed by atoms with Crippen LogP contribution in [-0.2, 0) is 6.42 Å². The predicted octanol–water partition coefficient (Wildman–Crippen LogP) is 6.33. The molecular formula is C26H23BrN2O3. The van der Waals surface area contributed by atoms with E-state index in [0.29, 0.717) is 17.7 Å². The topological polar surface area (TPSA) is 49.9 Å². The second-order valence-corrected chi connectivity index (χ2v) is 9.27. The zero-order valence-corrected chi connectivity index (χ0v) is 19.5. The number of carbonyl (C=O) groups is 2. The number of urea groups is 1. The van der Waals surface area contributed by atoms with Gasteiger partial charge in [-0.2, -0.15) is 0 Å². The Morgan fingerprint density at radius 3 is 2.59 bits per heavy atom. The predicted molar refractivity (Wildman–Crippen MR) is 127 cm³/mol. The maximum absolute atomic E-state index is 14.0. The lowest BCUT2D eigenvalue weighted by atomic mass is 9.88. The number of imide groups is 1. The van der Waals surface area contributed by atoms with Gasteiger partial charge in [-0.25, -0.2) is 4.79 Å². The summed E-state index contributed by atoms with van der Waals surface area (Å²) in [5.41, 5.74) is 2.26. The molecule has 2 aliphatic heterocycles. The molecule has 3 aromatic rings. The van der Waals surface area contributed by atoms with Crippen molar-refractivity contribution < 1.29 is 14.3 Å². The monoisotopic (exact) mass is 490 g/mol. The standard InChI is InChI=1S/C26H23BrN2O3/c1-3-17-7-6-8-20(15-17)29-25(31)28(24(30)18-11-13-19(27)14-12-18)22-16-26(29,2)32-23-10-5-4-9-21(22)23/h4-15,22H,3,16H2,1-2H3/t22-,26+/m1/s1. The summed E-state index contributed by atoms with van der Waals surface area (Å²) in [6.45, 7) is 4.00. The first-order valence-electron chi connectivity index (χ1n) is 10.7. The molecule has 6 heteroatoms. The summed E-state index contributed by atoms with van der Waals surface area (Å²) in [7, 11) is 0. The number of hydrogen-bond donors (Lipinski definition) is 0. The first-order valence-corrected chi connectivity index (χ1v) is 11.5. The third kappa shape index (κ3) is 3.30. The third-order valence-corrected chi connectivity index (χ3v) is 6.78. The Bertz CT molecular complexity index is 1210. The van der Waals surface area contributed by atoms with Gasteiger partial charge < -0.3 is 4.74 Å². The van der Waals surface area contributed by atoms with E-state index in [1.807, 2.05) is 67.6 Å². The second kappa shape index (κ2) is 7.78. The van der Waals surface area contributed by atoms with Crippen molar-refractivity contribution in [2.24, 2.45) is 0 Å². The lowest BCUT2D eigenvalue weighted by molar-refractivity contribution is 0.00268. The van der Waals surface area contributed by atoms with Crippen LogP contribution < -0.4 is 9.64 Å². The van der Waals surface area contributed by atoms with Crippen LogP contribution in [-0.4, -0.2) is 22.6 Å². The van der Waals surface area contributed by atoms with Crippen LogP contribution in [0.15, 0.2) is 77.3 Å². The fraction of sp³-hybridized carbons (Fsp3) is 0.231. The van der Waals surface area contributed by atoms with Crippen molar-refractivity contribution >= 4 is 33.6 Å². The van der Waals surface area contributed by atoms with Crippen molar-refractivity contribution in [1.82, 2.24) is 4.90 Å². The molecule has 3 amide bonds. The molecule has 2 atom stereocenters. The first-order chi connectivity index (χ1) is 15.4. The summed E-state index contributed by atoms with van der Waals surface area (Å²) >= 11 is 3.41. The van der Waals surface area contributed by atoms with Crippen molar-refractivity contribution in [2.75, 3.05) is 4.90 Å². The Morgan fingerprint density at radius 1 is 1.09 bits per heavy atom. The summed E-state index contributed by atoms with van der Waals surface area (Å²) in [6.07, 6.45) is 1.33. The number of anilines is 1. The minimum atomic E-state index is -0.904. The van der Waals surface area contributed by atoms with Crippen LogP contribution in [0.25, 0.3) is 0 Å². The fourth-order valence-electron chi connectivity index (χ4n) is 4.67. The van der Waals surface area contributed by atoms with E-state index in [1.54, 1.807) is 17.0 Å². The molecule has 2 heterocycles. The van der Waals surface area contributed by atoms with Gasteiger partial charge in [-0.3, -0.25) is 14.6 Å². The summed E-state index contributed by atoms with van der Waals surface area (Å²) < 4.78 is 7.29. The van der Waals surface area contributed by atoms with Gasteiger partial charge in [0.1, 0.15) is 5.75 Å². The average Bonchev–Trinajstić information content (AvgIpc) is 2.79. The molecule has 0 N–H and O–H groups in total. The number of amides is 3. The van der Waals surface area contributed by atoms with Crippen LogP contribution in [0.2, 0.25) is 0 Å². The van der Waals surface area contributed by atoms with Crippen molar-refractivity contribution in [2.45, 2.75) is 38.5 Å². The molecule has 2 bridgehead atoms. The highest BCUT2D eigenvalue weighted by Gasteiger charge is 2.55. The number of aryl methyl sites for hydroxylation is 1. The smallest absolute Gasteiger partial charge is 0.335 e. The Hall–Kier alpha value is -3.12. The van der Waals surface area contributed by atoms with Crippen molar-refractivity contribution in [1.29, 1.82) is 0 Å². The summed E-state index contributed by atoms with van der Waals surface area (Å²) in [5, 5.41) is 0. The molecule has 3 aromatic carbocycles. The molecule has 0 saturated carbocycles. The highest BCUT2D eigenvalue weighted by Crippen LogP contribution is 2.49. The van der Waals surface area contributed by atoms with Crippen LogP contribution in [0.4, 0.5) is 10.5 Å². The number of para-hydroxylation sites is 1. The van der Waals surface area contributed by atoms with E-state index >= 15 is 0 Å². The molecule has 1 saturated heterocycles. The first kappa shape index (κ1) is 20.8. The highest BCUT2D eigenvalue weighted by atomic mass is 79.9. The van der Waals surface area contributed by atoms with Gasteiger partial charge in [-0.05, 0) is 61.4 Å². The largest absolute Gasteiger partial charge is 0.467 e. The van der Waals surface area contributed by atoms with Gasteiger partial charge in [-0.1, -0.05) is 53.2 Å². The van der Waals surface area contributed by atoms with Crippen LogP contribution in [0.5, 0.6) is 5.75 Å². The number of nitrogens with zero attached hydrogens (tertiary/aromatic N) is 2. The molecule has 1 fully saturated rings. The van der Waals surface area contributed by atoms with Gasteiger partial charge in [0.05, 0.1) is 6.04 Å². The molecule has 5 nitrogen and oxygen atoms in total. The normalized spacial score (nSPS) is 21.7. The quantitative estimate of drug-likeness (QED) is 0.430. The number of ether oxygens (including phenoxy) is 1. The number of halogens is 1. The van der Waals surface area contributed by atoms with E-state index < -0.39 is 11.8 Å². The summed E-state index contributed by atoms with van der Waals surface area (Å²) in [4.78, 5) is 30.7. The van der Waals surface area contributed by atoms with Gasteiger partial charge >= 0.3 is 6.03 Å². The number of benzene rings is 3. The molecule has 0 unspecified atom stereocenters. The Balaban J connectivity index is 1.66. The van der Waals surface area contributed by atoms with Crippen LogP contribution in [0, 0.1) is 0 Å². The molecule has 0 radical (unpaired) electrons. The lowest BCUT2D eigenvalue weighted by Gasteiger charge is -2.53. The highest BCUT2D eigenvalue weighted by molar-refractivity contribution is 9.10. The lowest BCUT2D eigenvalue weighted by Crippen LogP contribution is -2.67. The van der Waals surface area contributed by atoms with Crippen molar-refractivity contribution in [3.63, 3.8) is 0 Å². The van der Waals surface area contributed by atoms with Crippen LogP contribution >= 0.6 is 15.9 Å². The van der Waals surface area contributed by atoms with E-state index in [4.69, 9.17) is 4.74 Å². The third-order valence-electron chi connectivity index (χ3n) is 6.25. The maximum atomic E-state index is 14.0. The van der Waals surface area contributed by atoms with Crippen molar-refractivity contribution in [3.05, 3.63) is 94.0 Å². The van der Waals surface area contributed by atoms with E-state index in [2.05, 4.69) is 22.9 Å². The Labute approximate surface area is 195 Å². The van der Waals surface area contributed by atoms with E-state index in [1.165, 1.54) is 4.90 Å². The average molecular weight is 491 g/mol. The van der Waals surface area contributed by atoms with E-state index in [9.17, 15) is 9.59 Å². The van der Waals surface area contributed by atoms with Gasteiger partial charge in [0.2, 0.25) is 0 Å². The Kier molecular flexibility index (Phi) is 5.05. The molecule has 0 aromatic heterocycles. The van der Waals surface area contributed by atoms with Gasteiger partial charge in [0, 0.05) is 27.7 Å². The molecule has 5 rings (SSSR count). The summed E-state index contributed by atoms with van der Waals surface area (Å²) in [6, 6.07) is 21.8. The van der Waals surface area contributed by atoms with Gasteiger partial charge in [0.15, 0.2) is 5.72 Å². The number of carbonyl (C=O) groups excluding carboxylic acids is 2. The minimum Gasteiger partial charge on any atom is -0.467 e. The number of rotatable bonds is 3. The molecule has 162 valence electrons. The van der Waals surface area contributed by atoms with E-state index in [0.717, 1.165) is 27.7 Å². The molecule has 2 aliphatic rings.